The van der Waals surface area contributed by atoms with Crippen LogP contribution in [0.2, 0.25) is 0 Å². The second-order valence-corrected chi connectivity index (χ2v) is 7.46. The van der Waals surface area contributed by atoms with Crippen molar-refractivity contribution in [1.29, 1.82) is 0 Å². The highest BCUT2D eigenvalue weighted by molar-refractivity contribution is 5.61. The van der Waals surface area contributed by atoms with Crippen molar-refractivity contribution in [2.45, 2.75) is 57.2 Å². The zero-order chi connectivity index (χ0) is 20.6. The number of aromatic nitrogens is 3. The molecule has 0 spiro atoms. The molecule has 1 aromatic heterocycles. The van der Waals surface area contributed by atoms with Crippen LogP contribution in [-0.2, 0) is 4.74 Å². The number of hydrogen-bond donors (Lipinski definition) is 3. The summed E-state index contributed by atoms with van der Waals surface area (Å²) in [6.45, 7) is 3.67. The third kappa shape index (κ3) is 3.67. The second-order valence-electron chi connectivity index (χ2n) is 7.46. The molecule has 1 saturated heterocycles. The van der Waals surface area contributed by atoms with E-state index in [1.807, 2.05) is 31.2 Å². The van der Waals surface area contributed by atoms with Crippen LogP contribution in [0.1, 0.15) is 25.5 Å². The van der Waals surface area contributed by atoms with Crippen molar-refractivity contribution in [1.82, 2.24) is 15.0 Å². The number of aryl methyl sites for hydroxylation is 1. The molecule has 1 aliphatic heterocycles. The zero-order valence-electron chi connectivity index (χ0n) is 15.9. The van der Waals surface area contributed by atoms with Crippen molar-refractivity contribution in [3.63, 3.8) is 0 Å². The van der Waals surface area contributed by atoms with Gasteiger partial charge in [0.2, 0.25) is 5.85 Å². The van der Waals surface area contributed by atoms with E-state index in [9.17, 15) is 19.0 Å². The predicted octanol–water partition coefficient (Wildman–Crippen LogP) is 1.57. The highest BCUT2D eigenvalue weighted by Crippen LogP contribution is 2.44. The molecule has 7 atom stereocenters. The van der Waals surface area contributed by atoms with E-state index in [1.54, 1.807) is 6.92 Å². The SMILES string of the molecule is Cc1ccccc1-c1cn([C@H]2C(F)C(C)(F)O[C@@H]([C@H](O)[C@H](O)CO)[C@@H]2C)nn1. The van der Waals surface area contributed by atoms with E-state index >= 15 is 0 Å². The quantitative estimate of drug-likeness (QED) is 0.708. The lowest BCUT2D eigenvalue weighted by molar-refractivity contribution is -0.288. The molecule has 3 N–H and O–H groups in total. The van der Waals surface area contributed by atoms with Gasteiger partial charge in [-0.05, 0) is 19.4 Å². The molecule has 0 aliphatic carbocycles. The average molecular weight is 397 g/mol. The molecule has 2 heterocycles. The van der Waals surface area contributed by atoms with E-state index in [4.69, 9.17) is 9.84 Å². The lowest BCUT2D eigenvalue weighted by Crippen LogP contribution is -2.59. The third-order valence-electron chi connectivity index (χ3n) is 5.37. The molecular weight excluding hydrogens is 372 g/mol. The fourth-order valence-corrected chi connectivity index (χ4v) is 3.69. The molecule has 0 saturated carbocycles. The number of aliphatic hydroxyl groups is 3. The Bertz CT molecular complexity index is 816. The van der Waals surface area contributed by atoms with Gasteiger partial charge in [0.05, 0.1) is 24.9 Å². The molecule has 2 aromatic rings. The van der Waals surface area contributed by atoms with E-state index in [-0.39, 0.29) is 0 Å². The zero-order valence-corrected chi connectivity index (χ0v) is 15.9. The first-order valence-corrected chi connectivity index (χ1v) is 9.13. The van der Waals surface area contributed by atoms with Gasteiger partial charge in [0.25, 0.3) is 0 Å². The van der Waals surface area contributed by atoms with Crippen LogP contribution in [0.3, 0.4) is 0 Å². The largest absolute Gasteiger partial charge is 0.394 e. The van der Waals surface area contributed by atoms with E-state index in [2.05, 4.69) is 10.3 Å². The van der Waals surface area contributed by atoms with Gasteiger partial charge in [-0.15, -0.1) is 5.10 Å². The van der Waals surface area contributed by atoms with E-state index in [0.29, 0.717) is 5.69 Å². The molecule has 0 bridgehead atoms. The number of aliphatic hydroxyl groups excluding tert-OH is 3. The van der Waals surface area contributed by atoms with E-state index in [1.165, 1.54) is 10.9 Å². The maximum absolute atomic E-state index is 15.0. The first-order valence-electron chi connectivity index (χ1n) is 9.13. The summed E-state index contributed by atoms with van der Waals surface area (Å²) in [5.74, 6) is -3.48. The van der Waals surface area contributed by atoms with Crippen LogP contribution in [0.4, 0.5) is 8.78 Å². The first kappa shape index (κ1) is 20.8. The Hall–Kier alpha value is -1.94. The number of ether oxygens (including phenoxy) is 1. The Kier molecular flexibility index (Phi) is 5.81. The molecule has 9 heteroatoms. The smallest absolute Gasteiger partial charge is 0.240 e. The summed E-state index contributed by atoms with van der Waals surface area (Å²) in [5.41, 5.74) is 2.29. The number of nitrogens with zero attached hydrogens (tertiary/aromatic N) is 3. The van der Waals surface area contributed by atoms with E-state index < -0.39 is 48.9 Å². The fourth-order valence-electron chi connectivity index (χ4n) is 3.69. The average Bonchev–Trinajstić information content (AvgIpc) is 3.13. The van der Waals surface area contributed by atoms with Gasteiger partial charge in [-0.2, -0.15) is 0 Å². The molecule has 2 unspecified atom stereocenters. The fraction of sp³-hybridized carbons (Fsp3) is 0.579. The van der Waals surface area contributed by atoms with Gasteiger partial charge in [0, 0.05) is 11.5 Å². The van der Waals surface area contributed by atoms with Crippen molar-refractivity contribution >= 4 is 0 Å². The van der Waals surface area contributed by atoms with Crippen LogP contribution in [0.15, 0.2) is 30.5 Å². The van der Waals surface area contributed by atoms with Gasteiger partial charge in [-0.3, -0.25) is 0 Å². The van der Waals surface area contributed by atoms with Gasteiger partial charge >= 0.3 is 0 Å². The number of rotatable bonds is 5. The molecule has 1 aromatic carbocycles. The molecular formula is C19H25F2N3O4. The Labute approximate surface area is 161 Å². The number of hydrogen-bond acceptors (Lipinski definition) is 6. The Balaban J connectivity index is 1.96. The minimum Gasteiger partial charge on any atom is -0.394 e. The molecule has 3 rings (SSSR count). The van der Waals surface area contributed by atoms with Gasteiger partial charge in [0.1, 0.15) is 17.9 Å². The molecule has 154 valence electrons. The van der Waals surface area contributed by atoms with Crippen LogP contribution in [-0.4, -0.2) is 67.3 Å². The molecule has 0 radical (unpaired) electrons. The summed E-state index contributed by atoms with van der Waals surface area (Å²) in [4.78, 5) is 0. The monoisotopic (exact) mass is 397 g/mol. The Morgan fingerprint density at radius 2 is 2.00 bits per heavy atom. The van der Waals surface area contributed by atoms with Crippen LogP contribution in [0, 0.1) is 12.8 Å². The lowest BCUT2D eigenvalue weighted by Gasteiger charge is -2.46. The highest BCUT2D eigenvalue weighted by Gasteiger charge is 2.55. The maximum Gasteiger partial charge on any atom is 0.240 e. The molecule has 1 fully saturated rings. The van der Waals surface area contributed by atoms with Gasteiger partial charge < -0.3 is 20.1 Å². The topological polar surface area (TPSA) is 101 Å². The normalized spacial score (nSPS) is 32.9. The minimum atomic E-state index is -2.72. The molecule has 0 amide bonds. The predicted molar refractivity (Wildman–Crippen MR) is 96.8 cm³/mol. The van der Waals surface area contributed by atoms with E-state index in [0.717, 1.165) is 18.1 Å². The van der Waals surface area contributed by atoms with Crippen LogP contribution < -0.4 is 0 Å². The standard InChI is InChI=1S/C19H25F2N3O4/c1-10-6-4-5-7-12(10)13-8-24(23-22-13)15-11(2)17(16(27)14(26)9-25)28-19(3,21)18(15)20/h4-8,11,14-18,25-27H,9H2,1-3H3/t11-,14-,15-,16-,17-,18?,19?/m1/s1. The van der Waals surface area contributed by atoms with Crippen molar-refractivity contribution in [3.8, 4) is 11.3 Å². The number of alkyl halides is 2. The Morgan fingerprint density at radius 1 is 1.32 bits per heavy atom. The summed E-state index contributed by atoms with van der Waals surface area (Å²) in [6, 6.07) is 6.36. The second kappa shape index (κ2) is 7.82. The lowest BCUT2D eigenvalue weighted by atomic mass is 9.82. The first-order chi connectivity index (χ1) is 13.2. The van der Waals surface area contributed by atoms with Crippen molar-refractivity contribution in [2.75, 3.05) is 6.61 Å². The van der Waals surface area contributed by atoms with Gasteiger partial charge in [-0.1, -0.05) is 36.4 Å². The maximum atomic E-state index is 15.0. The summed E-state index contributed by atoms with van der Waals surface area (Å²) < 4.78 is 36.2. The molecule has 28 heavy (non-hydrogen) atoms. The third-order valence-corrected chi connectivity index (χ3v) is 5.37. The molecule has 7 nitrogen and oxygen atoms in total. The summed E-state index contributed by atoms with van der Waals surface area (Å²) in [7, 11) is 0. The van der Waals surface area contributed by atoms with Crippen molar-refractivity contribution in [2.24, 2.45) is 5.92 Å². The number of benzene rings is 1. The van der Waals surface area contributed by atoms with Gasteiger partial charge in [0.15, 0.2) is 6.17 Å². The minimum absolute atomic E-state index is 0.511. The highest BCUT2D eigenvalue weighted by atomic mass is 19.2. The van der Waals surface area contributed by atoms with Crippen molar-refractivity contribution < 1.29 is 28.8 Å². The summed E-state index contributed by atoms with van der Waals surface area (Å²) in [5, 5.41) is 37.2. The number of halogens is 2. The summed E-state index contributed by atoms with van der Waals surface area (Å²) in [6.07, 6.45) is -4.93. The van der Waals surface area contributed by atoms with Crippen LogP contribution in [0.5, 0.6) is 0 Å². The molecule has 1 aliphatic rings. The van der Waals surface area contributed by atoms with Crippen molar-refractivity contribution in [3.05, 3.63) is 36.0 Å². The Morgan fingerprint density at radius 3 is 2.64 bits per heavy atom. The van der Waals surface area contributed by atoms with Crippen LogP contribution >= 0.6 is 0 Å². The van der Waals surface area contributed by atoms with Crippen LogP contribution in [0.25, 0.3) is 11.3 Å². The summed E-state index contributed by atoms with van der Waals surface area (Å²) >= 11 is 0. The van der Waals surface area contributed by atoms with Gasteiger partial charge in [-0.25, -0.2) is 13.5 Å².